The lowest BCUT2D eigenvalue weighted by atomic mass is 10.0. The summed E-state index contributed by atoms with van der Waals surface area (Å²) in [5.74, 6) is 2.79. The molecular weight excluding hydrogens is 163 g/mol. The Balaban J connectivity index is 2.99. The van der Waals surface area contributed by atoms with Gasteiger partial charge in [0.05, 0.1) is 0 Å². The van der Waals surface area contributed by atoms with Crippen LogP contribution in [0.5, 0.6) is 0 Å². The summed E-state index contributed by atoms with van der Waals surface area (Å²) in [7, 11) is 0. The number of rotatable bonds is 2. The number of benzene rings is 1. The van der Waals surface area contributed by atoms with Crippen LogP contribution in [0.15, 0.2) is 18.2 Å². The number of hydrogen-bond acceptors (Lipinski definition) is 0. The van der Waals surface area contributed by atoms with Gasteiger partial charge in [-0.25, -0.2) is 4.39 Å². The molecule has 0 spiro atoms. The van der Waals surface area contributed by atoms with E-state index in [0.717, 1.165) is 12.0 Å². The predicted molar refractivity (Wildman–Crippen MR) is 52.9 cm³/mol. The lowest BCUT2D eigenvalue weighted by Gasteiger charge is -2.06. The Morgan fingerprint density at radius 2 is 2.15 bits per heavy atom. The van der Waals surface area contributed by atoms with Gasteiger partial charge in [-0.05, 0) is 36.1 Å². The summed E-state index contributed by atoms with van der Waals surface area (Å²) in [6.45, 7) is 4.12. The van der Waals surface area contributed by atoms with Crippen LogP contribution in [0.25, 0.3) is 0 Å². The number of halogens is 1. The highest BCUT2D eigenvalue weighted by Gasteiger charge is 2.04. The quantitative estimate of drug-likeness (QED) is 0.608. The first-order valence-electron chi connectivity index (χ1n) is 4.38. The average Bonchev–Trinajstić information content (AvgIpc) is 2.08. The van der Waals surface area contributed by atoms with Gasteiger partial charge in [-0.2, -0.15) is 0 Å². The highest BCUT2D eigenvalue weighted by Crippen LogP contribution is 2.14. The lowest BCUT2D eigenvalue weighted by Crippen LogP contribution is -1.97. The Hall–Kier alpha value is -1.29. The third kappa shape index (κ3) is 2.59. The molecule has 0 aliphatic rings. The molecule has 1 aromatic rings. The maximum atomic E-state index is 13.2. The fraction of sp³-hybridized carbons (Fsp3) is 0.333. The number of terminal acetylenes is 1. The van der Waals surface area contributed by atoms with E-state index < -0.39 is 0 Å². The zero-order chi connectivity index (χ0) is 9.84. The van der Waals surface area contributed by atoms with E-state index in [1.807, 2.05) is 0 Å². The molecule has 0 bridgehead atoms. The lowest BCUT2D eigenvalue weighted by molar-refractivity contribution is 0.574. The standard InChI is InChI=1S/C12H13F/c1-4-10-5-6-12(13)11(8-10)7-9(2)3/h1,5-6,8-9H,7H2,2-3H3. The second kappa shape index (κ2) is 4.09. The number of hydrogen-bond donors (Lipinski definition) is 0. The molecule has 0 aliphatic carbocycles. The Morgan fingerprint density at radius 3 is 2.69 bits per heavy atom. The maximum absolute atomic E-state index is 13.2. The normalized spacial score (nSPS) is 10.1. The van der Waals surface area contributed by atoms with Gasteiger partial charge in [-0.15, -0.1) is 6.42 Å². The van der Waals surface area contributed by atoms with E-state index in [0.29, 0.717) is 11.5 Å². The van der Waals surface area contributed by atoms with Crippen molar-refractivity contribution >= 4 is 0 Å². The fourth-order valence-electron chi connectivity index (χ4n) is 1.26. The van der Waals surface area contributed by atoms with E-state index in [-0.39, 0.29) is 5.82 Å². The Kier molecular flexibility index (Phi) is 3.08. The van der Waals surface area contributed by atoms with Gasteiger partial charge in [0.25, 0.3) is 0 Å². The fourth-order valence-corrected chi connectivity index (χ4v) is 1.26. The highest BCUT2D eigenvalue weighted by molar-refractivity contribution is 5.36. The van der Waals surface area contributed by atoms with Crippen LogP contribution in [0.4, 0.5) is 4.39 Å². The molecule has 13 heavy (non-hydrogen) atoms. The molecule has 1 aromatic carbocycles. The molecule has 0 N–H and O–H groups in total. The van der Waals surface area contributed by atoms with Crippen LogP contribution in [-0.4, -0.2) is 0 Å². The van der Waals surface area contributed by atoms with Gasteiger partial charge < -0.3 is 0 Å². The van der Waals surface area contributed by atoms with E-state index in [1.165, 1.54) is 6.07 Å². The summed E-state index contributed by atoms with van der Waals surface area (Å²) < 4.78 is 13.2. The summed E-state index contributed by atoms with van der Waals surface area (Å²) in [6.07, 6.45) is 5.96. The smallest absolute Gasteiger partial charge is 0.126 e. The largest absolute Gasteiger partial charge is 0.207 e. The minimum absolute atomic E-state index is 0.160. The van der Waals surface area contributed by atoms with Crippen molar-refractivity contribution in [3.63, 3.8) is 0 Å². The first-order valence-corrected chi connectivity index (χ1v) is 4.38. The van der Waals surface area contributed by atoms with Crippen molar-refractivity contribution in [2.45, 2.75) is 20.3 Å². The molecule has 0 aromatic heterocycles. The molecule has 0 aliphatic heterocycles. The molecule has 0 atom stereocenters. The van der Waals surface area contributed by atoms with Crippen molar-refractivity contribution < 1.29 is 4.39 Å². The van der Waals surface area contributed by atoms with Crippen molar-refractivity contribution in [2.75, 3.05) is 0 Å². The molecule has 68 valence electrons. The van der Waals surface area contributed by atoms with Crippen LogP contribution in [-0.2, 0) is 6.42 Å². The molecule has 0 heterocycles. The van der Waals surface area contributed by atoms with Gasteiger partial charge in [0.1, 0.15) is 5.82 Å². The second-order valence-corrected chi connectivity index (χ2v) is 3.55. The van der Waals surface area contributed by atoms with E-state index in [2.05, 4.69) is 19.8 Å². The Bertz CT molecular complexity index is 331. The van der Waals surface area contributed by atoms with Crippen molar-refractivity contribution in [1.29, 1.82) is 0 Å². The van der Waals surface area contributed by atoms with Crippen LogP contribution in [0, 0.1) is 24.1 Å². The van der Waals surface area contributed by atoms with Crippen molar-refractivity contribution in [2.24, 2.45) is 5.92 Å². The minimum atomic E-state index is -0.160. The van der Waals surface area contributed by atoms with Crippen molar-refractivity contribution in [3.8, 4) is 12.3 Å². The first-order chi connectivity index (χ1) is 6.13. The zero-order valence-corrected chi connectivity index (χ0v) is 7.97. The van der Waals surface area contributed by atoms with Crippen LogP contribution >= 0.6 is 0 Å². The molecule has 0 unspecified atom stereocenters. The molecule has 1 rings (SSSR count). The molecule has 0 saturated carbocycles. The van der Waals surface area contributed by atoms with Crippen LogP contribution in [0.2, 0.25) is 0 Å². The van der Waals surface area contributed by atoms with Crippen molar-refractivity contribution in [3.05, 3.63) is 35.1 Å². The molecule has 0 amide bonds. The van der Waals surface area contributed by atoms with Gasteiger partial charge >= 0.3 is 0 Å². The monoisotopic (exact) mass is 176 g/mol. The molecule has 0 nitrogen and oxygen atoms in total. The van der Waals surface area contributed by atoms with Crippen LogP contribution < -0.4 is 0 Å². The Morgan fingerprint density at radius 1 is 1.46 bits per heavy atom. The zero-order valence-electron chi connectivity index (χ0n) is 7.97. The van der Waals surface area contributed by atoms with Gasteiger partial charge in [0.2, 0.25) is 0 Å². The molecule has 0 saturated heterocycles. The van der Waals surface area contributed by atoms with Gasteiger partial charge in [0.15, 0.2) is 0 Å². The Labute approximate surface area is 78.8 Å². The molecule has 1 heteroatoms. The van der Waals surface area contributed by atoms with Gasteiger partial charge in [-0.1, -0.05) is 19.8 Å². The second-order valence-electron chi connectivity index (χ2n) is 3.55. The average molecular weight is 176 g/mol. The van der Waals surface area contributed by atoms with E-state index in [1.54, 1.807) is 12.1 Å². The summed E-state index contributed by atoms with van der Waals surface area (Å²) in [4.78, 5) is 0. The SMILES string of the molecule is C#Cc1ccc(F)c(CC(C)C)c1. The summed E-state index contributed by atoms with van der Waals surface area (Å²) in [6, 6.07) is 4.81. The van der Waals surface area contributed by atoms with E-state index in [9.17, 15) is 4.39 Å². The van der Waals surface area contributed by atoms with Crippen LogP contribution in [0.1, 0.15) is 25.0 Å². The highest BCUT2D eigenvalue weighted by atomic mass is 19.1. The summed E-state index contributed by atoms with van der Waals surface area (Å²) in [5, 5.41) is 0. The topological polar surface area (TPSA) is 0 Å². The van der Waals surface area contributed by atoms with E-state index in [4.69, 9.17) is 6.42 Å². The summed E-state index contributed by atoms with van der Waals surface area (Å²) in [5.41, 5.74) is 1.46. The van der Waals surface area contributed by atoms with Crippen molar-refractivity contribution in [1.82, 2.24) is 0 Å². The molecule has 0 fully saturated rings. The molecular formula is C12H13F. The van der Waals surface area contributed by atoms with E-state index >= 15 is 0 Å². The van der Waals surface area contributed by atoms with Gasteiger partial charge in [-0.3, -0.25) is 0 Å². The summed E-state index contributed by atoms with van der Waals surface area (Å²) >= 11 is 0. The first kappa shape index (κ1) is 9.80. The van der Waals surface area contributed by atoms with Gasteiger partial charge in [0, 0.05) is 5.56 Å². The minimum Gasteiger partial charge on any atom is -0.207 e. The maximum Gasteiger partial charge on any atom is 0.126 e. The third-order valence-electron chi connectivity index (χ3n) is 1.84. The predicted octanol–water partition coefficient (Wildman–Crippen LogP) is 3.01. The third-order valence-corrected chi connectivity index (χ3v) is 1.84. The van der Waals surface area contributed by atoms with Crippen LogP contribution in [0.3, 0.4) is 0 Å². The molecule has 0 radical (unpaired) electrons.